The molecule has 2 aliphatic heterocycles. The Morgan fingerprint density at radius 1 is 1.09 bits per heavy atom. The van der Waals surface area contributed by atoms with Crippen molar-refractivity contribution in [2.45, 2.75) is 13.3 Å². The van der Waals surface area contributed by atoms with Crippen LogP contribution in [0.25, 0.3) is 10.9 Å². The smallest absolute Gasteiger partial charge is 0.228 e. The normalized spacial score (nSPS) is 18.6. The predicted octanol–water partition coefficient (Wildman–Crippen LogP) is 3.91. The van der Waals surface area contributed by atoms with E-state index in [0.29, 0.717) is 37.7 Å². The summed E-state index contributed by atoms with van der Waals surface area (Å²) in [7, 11) is 1.66. The Hall–Kier alpha value is -3.32. The lowest BCUT2D eigenvalue weighted by atomic mass is 10.1. The highest BCUT2D eigenvalue weighted by molar-refractivity contribution is 6.30. The topological polar surface area (TPSA) is 66.0 Å². The van der Waals surface area contributed by atoms with Gasteiger partial charge in [-0.25, -0.2) is 4.98 Å². The van der Waals surface area contributed by atoms with Crippen LogP contribution >= 0.6 is 11.6 Å². The number of ether oxygens (including phenoxy) is 1. The maximum absolute atomic E-state index is 13.2. The number of hydrogen-bond donors (Lipinski definition) is 0. The average molecular weight is 479 g/mol. The van der Waals surface area contributed by atoms with Crippen molar-refractivity contribution in [3.8, 4) is 5.75 Å². The van der Waals surface area contributed by atoms with Gasteiger partial charge in [0.25, 0.3) is 0 Å². The first-order chi connectivity index (χ1) is 16.4. The summed E-state index contributed by atoms with van der Waals surface area (Å²) in [5.74, 6) is 1.36. The number of amides is 2. The molecular formula is C26H27ClN4O3. The van der Waals surface area contributed by atoms with Crippen molar-refractivity contribution in [1.82, 2.24) is 9.88 Å². The summed E-state index contributed by atoms with van der Waals surface area (Å²) >= 11 is 5.96. The van der Waals surface area contributed by atoms with Crippen LogP contribution in [-0.4, -0.2) is 61.5 Å². The molecule has 176 valence electrons. The molecule has 2 aromatic carbocycles. The number of aromatic nitrogens is 1. The van der Waals surface area contributed by atoms with Gasteiger partial charge in [-0.15, -0.1) is 0 Å². The van der Waals surface area contributed by atoms with E-state index in [2.05, 4.69) is 24.0 Å². The lowest BCUT2D eigenvalue weighted by Gasteiger charge is -2.36. The van der Waals surface area contributed by atoms with Crippen molar-refractivity contribution in [1.29, 1.82) is 0 Å². The number of methoxy groups -OCH3 is 1. The van der Waals surface area contributed by atoms with Crippen LogP contribution in [0.15, 0.2) is 48.5 Å². The molecule has 1 atom stereocenters. The summed E-state index contributed by atoms with van der Waals surface area (Å²) in [6.45, 7) is 5.09. The number of carbonyl (C=O) groups is 2. The van der Waals surface area contributed by atoms with Crippen molar-refractivity contribution in [3.63, 3.8) is 0 Å². The minimum atomic E-state index is -0.319. The van der Waals surface area contributed by atoms with E-state index in [1.165, 1.54) is 0 Å². The third-order valence-corrected chi connectivity index (χ3v) is 7.00. The number of piperazine rings is 1. The summed E-state index contributed by atoms with van der Waals surface area (Å²) in [6.07, 6.45) is 0.243. The van der Waals surface area contributed by atoms with E-state index < -0.39 is 0 Å². The maximum Gasteiger partial charge on any atom is 0.228 e. The Kier molecular flexibility index (Phi) is 6.04. The van der Waals surface area contributed by atoms with E-state index >= 15 is 0 Å². The highest BCUT2D eigenvalue weighted by Gasteiger charge is 2.38. The lowest BCUT2D eigenvalue weighted by Crippen LogP contribution is -2.51. The molecule has 2 amide bonds. The Balaban J connectivity index is 1.25. The molecule has 3 aromatic rings. The van der Waals surface area contributed by atoms with Crippen LogP contribution in [0.2, 0.25) is 5.02 Å². The Morgan fingerprint density at radius 3 is 2.53 bits per heavy atom. The SMILES string of the molecule is COc1cccc2c(C)cc(N3CCN(C(=O)C4CC(=O)N(c5ccc(Cl)cc5)C4)CC3)nc12. The summed E-state index contributed by atoms with van der Waals surface area (Å²) in [5.41, 5.74) is 2.78. The summed E-state index contributed by atoms with van der Waals surface area (Å²) in [4.78, 5) is 36.4. The molecule has 8 heteroatoms. The fourth-order valence-corrected chi connectivity index (χ4v) is 4.98. The third kappa shape index (κ3) is 4.16. The number of fused-ring (bicyclic) bond motifs is 1. The summed E-state index contributed by atoms with van der Waals surface area (Å²) < 4.78 is 5.51. The average Bonchev–Trinajstić information content (AvgIpc) is 3.25. The van der Waals surface area contributed by atoms with Crippen LogP contribution in [0.1, 0.15) is 12.0 Å². The fourth-order valence-electron chi connectivity index (χ4n) is 4.86. The number of rotatable bonds is 4. The Morgan fingerprint density at radius 2 is 1.82 bits per heavy atom. The second kappa shape index (κ2) is 9.14. The number of para-hydroxylation sites is 1. The van der Waals surface area contributed by atoms with Gasteiger partial charge in [0.1, 0.15) is 17.1 Å². The van der Waals surface area contributed by atoms with Gasteiger partial charge in [-0.2, -0.15) is 0 Å². The number of aryl methyl sites for hydroxylation is 1. The molecule has 0 spiro atoms. The largest absolute Gasteiger partial charge is 0.494 e. The number of anilines is 2. The zero-order chi connectivity index (χ0) is 23.8. The molecule has 0 bridgehead atoms. The van der Waals surface area contributed by atoms with E-state index in [9.17, 15) is 9.59 Å². The molecule has 0 radical (unpaired) electrons. The maximum atomic E-state index is 13.2. The number of benzene rings is 2. The molecule has 2 aliphatic rings. The standard InChI is InChI=1S/C26H27ClN4O3/c1-17-14-23(28-25-21(17)4-3-5-22(25)34-2)29-10-12-30(13-11-29)26(33)18-15-24(32)31(16-18)20-8-6-19(27)7-9-20/h3-9,14,18H,10-13,15-16H2,1-2H3. The molecule has 1 aromatic heterocycles. The van der Waals surface area contributed by atoms with Gasteiger partial charge in [-0.3, -0.25) is 9.59 Å². The van der Waals surface area contributed by atoms with Crippen LogP contribution in [0.5, 0.6) is 5.75 Å². The molecule has 5 rings (SSSR count). The number of nitrogens with zero attached hydrogens (tertiary/aromatic N) is 4. The zero-order valence-electron chi connectivity index (χ0n) is 19.3. The highest BCUT2D eigenvalue weighted by atomic mass is 35.5. The van der Waals surface area contributed by atoms with Gasteiger partial charge in [-0.05, 0) is 48.9 Å². The van der Waals surface area contributed by atoms with Crippen LogP contribution < -0.4 is 14.5 Å². The fraction of sp³-hybridized carbons (Fsp3) is 0.346. The first kappa shape index (κ1) is 22.5. The molecule has 1 unspecified atom stereocenters. The monoisotopic (exact) mass is 478 g/mol. The van der Waals surface area contributed by atoms with E-state index in [0.717, 1.165) is 33.7 Å². The first-order valence-electron chi connectivity index (χ1n) is 11.5. The van der Waals surface area contributed by atoms with Crippen LogP contribution in [0, 0.1) is 12.8 Å². The van der Waals surface area contributed by atoms with E-state index in [4.69, 9.17) is 21.3 Å². The molecule has 0 aliphatic carbocycles. The van der Waals surface area contributed by atoms with Crippen molar-refractivity contribution in [3.05, 3.63) is 59.1 Å². The van der Waals surface area contributed by atoms with Crippen LogP contribution in [0.4, 0.5) is 11.5 Å². The van der Waals surface area contributed by atoms with Gasteiger partial charge < -0.3 is 19.4 Å². The minimum absolute atomic E-state index is 0.0240. The number of carbonyl (C=O) groups excluding carboxylic acids is 2. The van der Waals surface area contributed by atoms with E-state index in [1.54, 1.807) is 24.1 Å². The molecule has 34 heavy (non-hydrogen) atoms. The van der Waals surface area contributed by atoms with Gasteiger partial charge in [0.15, 0.2) is 0 Å². The third-order valence-electron chi connectivity index (χ3n) is 6.74. The van der Waals surface area contributed by atoms with Gasteiger partial charge >= 0.3 is 0 Å². The second-order valence-corrected chi connectivity index (χ2v) is 9.28. The number of pyridine rings is 1. The molecule has 7 nitrogen and oxygen atoms in total. The number of hydrogen-bond acceptors (Lipinski definition) is 5. The van der Waals surface area contributed by atoms with Gasteiger partial charge in [0.05, 0.1) is 13.0 Å². The zero-order valence-corrected chi connectivity index (χ0v) is 20.1. The van der Waals surface area contributed by atoms with Gasteiger partial charge in [0, 0.05) is 55.2 Å². The first-order valence-corrected chi connectivity index (χ1v) is 11.9. The van der Waals surface area contributed by atoms with Gasteiger partial charge in [0.2, 0.25) is 11.8 Å². The lowest BCUT2D eigenvalue weighted by molar-refractivity contribution is -0.136. The Bertz CT molecular complexity index is 1240. The van der Waals surface area contributed by atoms with E-state index in [1.807, 2.05) is 29.2 Å². The van der Waals surface area contributed by atoms with E-state index in [-0.39, 0.29) is 24.2 Å². The summed E-state index contributed by atoms with van der Waals surface area (Å²) in [6, 6.07) is 15.2. The van der Waals surface area contributed by atoms with Crippen molar-refractivity contribution in [2.24, 2.45) is 5.92 Å². The summed E-state index contributed by atoms with van der Waals surface area (Å²) in [5, 5.41) is 1.70. The van der Waals surface area contributed by atoms with Gasteiger partial charge in [-0.1, -0.05) is 23.7 Å². The highest BCUT2D eigenvalue weighted by Crippen LogP contribution is 2.31. The predicted molar refractivity (Wildman–Crippen MR) is 134 cm³/mol. The molecule has 0 N–H and O–H groups in total. The molecule has 2 fully saturated rings. The second-order valence-electron chi connectivity index (χ2n) is 8.85. The molecular weight excluding hydrogens is 452 g/mol. The Labute approximate surface area is 203 Å². The van der Waals surface area contributed by atoms with Crippen molar-refractivity contribution < 1.29 is 14.3 Å². The van der Waals surface area contributed by atoms with Crippen molar-refractivity contribution >= 4 is 45.8 Å². The van der Waals surface area contributed by atoms with Crippen LogP contribution in [0.3, 0.4) is 0 Å². The molecule has 2 saturated heterocycles. The van der Waals surface area contributed by atoms with Crippen LogP contribution in [-0.2, 0) is 9.59 Å². The molecule has 0 saturated carbocycles. The quantitative estimate of drug-likeness (QED) is 0.569. The molecule has 3 heterocycles. The number of halogens is 1. The minimum Gasteiger partial charge on any atom is -0.494 e. The van der Waals surface area contributed by atoms with Crippen molar-refractivity contribution in [2.75, 3.05) is 49.6 Å².